The highest BCUT2D eigenvalue weighted by molar-refractivity contribution is 7.80. The van der Waals surface area contributed by atoms with E-state index in [1.165, 1.54) is 0 Å². The Morgan fingerprint density at radius 3 is 2.62 bits per heavy atom. The second-order valence-corrected chi connectivity index (χ2v) is 6.73. The topological polar surface area (TPSA) is 69.3 Å². The fraction of sp³-hybridized carbons (Fsp3) is 0.333. The molecule has 29 heavy (non-hydrogen) atoms. The Morgan fingerprint density at radius 2 is 1.90 bits per heavy atom. The van der Waals surface area contributed by atoms with Crippen LogP contribution in [0.5, 0.6) is 17.2 Å². The zero-order chi connectivity index (χ0) is 20.6. The minimum absolute atomic E-state index is 0.152. The number of methoxy groups -OCH3 is 2. The number of ether oxygens (including phenoxy) is 4. The molecule has 1 heterocycles. The van der Waals surface area contributed by atoms with E-state index in [2.05, 4.69) is 10.2 Å². The van der Waals surface area contributed by atoms with Gasteiger partial charge < -0.3 is 29.2 Å². The van der Waals surface area contributed by atoms with Crippen molar-refractivity contribution in [1.29, 1.82) is 0 Å². The standard InChI is InChI=1S/C21H24N2O5S/c1-25-17-5-3-4-16(13-17)22-20(24)14-28-18-7-6-15(12-19(18)26-2)21(29)23-8-10-27-11-9-23/h3-7,12-13H,8-11,14H2,1-2H3,(H,22,24). The molecule has 1 N–H and O–H groups in total. The Morgan fingerprint density at radius 1 is 1.10 bits per heavy atom. The number of nitrogens with one attached hydrogen (secondary N) is 1. The van der Waals surface area contributed by atoms with Crippen molar-refractivity contribution < 1.29 is 23.7 Å². The number of carbonyl (C=O) groups is 1. The molecule has 1 saturated heterocycles. The lowest BCUT2D eigenvalue weighted by atomic mass is 10.1. The van der Waals surface area contributed by atoms with Gasteiger partial charge in [0.2, 0.25) is 0 Å². The Kier molecular flexibility index (Phi) is 7.26. The predicted octanol–water partition coefficient (Wildman–Crippen LogP) is 2.73. The molecule has 1 aliphatic rings. The number of anilines is 1. The van der Waals surface area contributed by atoms with Gasteiger partial charge in [0.15, 0.2) is 18.1 Å². The van der Waals surface area contributed by atoms with Gasteiger partial charge in [-0.3, -0.25) is 4.79 Å². The van der Waals surface area contributed by atoms with Crippen LogP contribution < -0.4 is 19.5 Å². The molecule has 0 aliphatic carbocycles. The number of hydrogen-bond donors (Lipinski definition) is 1. The van der Waals surface area contributed by atoms with Crippen LogP contribution in [0.3, 0.4) is 0 Å². The van der Waals surface area contributed by atoms with Gasteiger partial charge in [-0.15, -0.1) is 0 Å². The van der Waals surface area contributed by atoms with Crippen LogP contribution >= 0.6 is 12.2 Å². The van der Waals surface area contributed by atoms with E-state index in [0.717, 1.165) is 23.6 Å². The van der Waals surface area contributed by atoms with Gasteiger partial charge in [-0.2, -0.15) is 0 Å². The summed E-state index contributed by atoms with van der Waals surface area (Å²) in [5, 5.41) is 2.77. The van der Waals surface area contributed by atoms with Crippen molar-refractivity contribution in [2.24, 2.45) is 0 Å². The van der Waals surface area contributed by atoms with Gasteiger partial charge >= 0.3 is 0 Å². The number of nitrogens with zero attached hydrogens (tertiary/aromatic N) is 1. The Hall–Kier alpha value is -2.84. The fourth-order valence-corrected chi connectivity index (χ4v) is 3.22. The van der Waals surface area contributed by atoms with E-state index in [0.29, 0.717) is 36.1 Å². The average Bonchev–Trinajstić information content (AvgIpc) is 2.77. The summed E-state index contributed by atoms with van der Waals surface area (Å²) in [7, 11) is 3.13. The summed E-state index contributed by atoms with van der Waals surface area (Å²) in [4.78, 5) is 15.1. The van der Waals surface area contributed by atoms with Crippen molar-refractivity contribution in [2.75, 3.05) is 52.4 Å². The number of thiocarbonyl (C=S) groups is 1. The molecule has 0 saturated carbocycles. The maximum absolute atomic E-state index is 12.2. The van der Waals surface area contributed by atoms with Crippen molar-refractivity contribution in [2.45, 2.75) is 0 Å². The molecule has 8 heteroatoms. The van der Waals surface area contributed by atoms with Crippen molar-refractivity contribution in [3.8, 4) is 17.2 Å². The second kappa shape index (κ2) is 10.1. The van der Waals surface area contributed by atoms with Crippen LogP contribution in [0, 0.1) is 0 Å². The van der Waals surface area contributed by atoms with Crippen LogP contribution in [-0.4, -0.2) is 62.9 Å². The summed E-state index contributed by atoms with van der Waals surface area (Å²) in [5.41, 5.74) is 1.50. The number of amides is 1. The highest BCUT2D eigenvalue weighted by Crippen LogP contribution is 2.29. The van der Waals surface area contributed by atoms with E-state index in [9.17, 15) is 4.79 Å². The van der Waals surface area contributed by atoms with E-state index in [4.69, 9.17) is 31.2 Å². The number of benzene rings is 2. The van der Waals surface area contributed by atoms with Crippen molar-refractivity contribution in [1.82, 2.24) is 4.90 Å². The summed E-state index contributed by atoms with van der Waals surface area (Å²) in [5.74, 6) is 1.37. The molecule has 2 aromatic carbocycles. The normalized spacial score (nSPS) is 13.5. The van der Waals surface area contributed by atoms with Gasteiger partial charge in [0, 0.05) is 30.4 Å². The zero-order valence-corrected chi connectivity index (χ0v) is 17.3. The minimum Gasteiger partial charge on any atom is -0.497 e. The van der Waals surface area contributed by atoms with Crippen LogP contribution in [0.1, 0.15) is 5.56 Å². The van der Waals surface area contributed by atoms with Gasteiger partial charge in [-0.25, -0.2) is 0 Å². The number of rotatable bonds is 7. The molecule has 0 aromatic heterocycles. The summed E-state index contributed by atoms with van der Waals surface area (Å²) in [6.07, 6.45) is 0. The number of hydrogen-bond acceptors (Lipinski definition) is 6. The predicted molar refractivity (Wildman–Crippen MR) is 114 cm³/mol. The average molecular weight is 416 g/mol. The Balaban J connectivity index is 1.61. The summed E-state index contributed by atoms with van der Waals surface area (Å²) in [6.45, 7) is 2.72. The van der Waals surface area contributed by atoms with E-state index >= 15 is 0 Å². The molecule has 0 unspecified atom stereocenters. The van der Waals surface area contributed by atoms with Crippen LogP contribution in [0.25, 0.3) is 0 Å². The molecule has 2 aromatic rings. The molecule has 3 rings (SSSR count). The fourth-order valence-electron chi connectivity index (χ4n) is 2.91. The molecular weight excluding hydrogens is 392 g/mol. The van der Waals surface area contributed by atoms with E-state index in [1.54, 1.807) is 44.6 Å². The monoisotopic (exact) mass is 416 g/mol. The van der Waals surface area contributed by atoms with Crippen molar-refractivity contribution in [3.63, 3.8) is 0 Å². The second-order valence-electron chi connectivity index (χ2n) is 6.34. The number of carbonyl (C=O) groups excluding carboxylic acids is 1. The molecule has 0 spiro atoms. The van der Waals surface area contributed by atoms with E-state index in [1.807, 2.05) is 12.1 Å². The first-order valence-corrected chi connectivity index (χ1v) is 9.63. The molecule has 7 nitrogen and oxygen atoms in total. The maximum Gasteiger partial charge on any atom is 0.262 e. The van der Waals surface area contributed by atoms with Crippen LogP contribution in [0.15, 0.2) is 42.5 Å². The summed E-state index contributed by atoms with van der Waals surface area (Å²) in [6, 6.07) is 12.6. The van der Waals surface area contributed by atoms with Crippen molar-refractivity contribution >= 4 is 28.8 Å². The quantitative estimate of drug-likeness (QED) is 0.696. The van der Waals surface area contributed by atoms with Crippen LogP contribution in [0.4, 0.5) is 5.69 Å². The lowest BCUT2D eigenvalue weighted by Crippen LogP contribution is -2.40. The highest BCUT2D eigenvalue weighted by atomic mass is 32.1. The molecule has 0 atom stereocenters. The SMILES string of the molecule is COc1cccc(NC(=O)COc2ccc(C(=S)N3CCOCC3)cc2OC)c1. The Labute approximate surface area is 175 Å². The van der Waals surface area contributed by atoms with E-state index < -0.39 is 0 Å². The molecule has 154 valence electrons. The maximum atomic E-state index is 12.2. The molecule has 0 radical (unpaired) electrons. The molecule has 1 aliphatic heterocycles. The summed E-state index contributed by atoms with van der Waals surface area (Å²) < 4.78 is 21.6. The van der Waals surface area contributed by atoms with Gasteiger partial charge in [-0.05, 0) is 30.3 Å². The Bertz CT molecular complexity index is 868. The lowest BCUT2D eigenvalue weighted by molar-refractivity contribution is -0.118. The van der Waals surface area contributed by atoms with Crippen molar-refractivity contribution in [3.05, 3.63) is 48.0 Å². The molecular formula is C21H24N2O5S. The minimum atomic E-state index is -0.284. The summed E-state index contributed by atoms with van der Waals surface area (Å²) >= 11 is 5.59. The smallest absolute Gasteiger partial charge is 0.262 e. The first-order chi connectivity index (χ1) is 14.1. The third-order valence-corrected chi connectivity index (χ3v) is 4.92. The lowest BCUT2D eigenvalue weighted by Gasteiger charge is -2.29. The van der Waals surface area contributed by atoms with Gasteiger partial charge in [-0.1, -0.05) is 18.3 Å². The molecule has 1 fully saturated rings. The molecule has 0 bridgehead atoms. The number of morpholine rings is 1. The van der Waals surface area contributed by atoms with Gasteiger partial charge in [0.1, 0.15) is 10.7 Å². The zero-order valence-electron chi connectivity index (χ0n) is 16.5. The van der Waals surface area contributed by atoms with Crippen LogP contribution in [-0.2, 0) is 9.53 Å². The van der Waals surface area contributed by atoms with Gasteiger partial charge in [0.25, 0.3) is 5.91 Å². The van der Waals surface area contributed by atoms with Crippen LogP contribution in [0.2, 0.25) is 0 Å². The highest BCUT2D eigenvalue weighted by Gasteiger charge is 2.17. The van der Waals surface area contributed by atoms with Gasteiger partial charge in [0.05, 0.1) is 27.4 Å². The largest absolute Gasteiger partial charge is 0.497 e. The third kappa shape index (κ3) is 5.58. The molecule has 1 amide bonds. The third-order valence-electron chi connectivity index (χ3n) is 4.42. The first kappa shape index (κ1) is 20.9. The van der Waals surface area contributed by atoms with E-state index in [-0.39, 0.29) is 12.5 Å². The first-order valence-electron chi connectivity index (χ1n) is 9.22.